The first-order chi connectivity index (χ1) is 8.26. The van der Waals surface area contributed by atoms with Crippen LogP contribution in [-0.2, 0) is 14.9 Å². The zero-order valence-electron chi connectivity index (χ0n) is 9.69. The van der Waals surface area contributed by atoms with Gasteiger partial charge in [-0.05, 0) is 30.5 Å². The zero-order valence-corrected chi connectivity index (χ0v) is 9.69. The number of benzene rings is 1. The Morgan fingerprint density at radius 1 is 1.47 bits per heavy atom. The molecule has 2 aromatic rings. The lowest BCUT2D eigenvalue weighted by Gasteiger charge is -2.39. The molecule has 0 saturated heterocycles. The molecule has 0 unspecified atom stereocenters. The number of nitrogens with zero attached hydrogens (tertiary/aromatic N) is 1. The Hall–Kier alpha value is -1.84. The van der Waals surface area contributed by atoms with Crippen molar-refractivity contribution in [3.63, 3.8) is 0 Å². The Bertz CT molecular complexity index is 570. The Labute approximate surface area is 99.0 Å². The van der Waals surface area contributed by atoms with E-state index in [0.29, 0.717) is 0 Å². The molecular weight excluding hydrogens is 216 g/mol. The number of aromatic amines is 1. The van der Waals surface area contributed by atoms with E-state index in [1.807, 2.05) is 18.2 Å². The molecule has 0 spiro atoms. The maximum atomic E-state index is 11.9. The number of fused-ring (bicyclic) bond motifs is 1. The topological polar surface area (TPSA) is 55.0 Å². The van der Waals surface area contributed by atoms with Crippen molar-refractivity contribution < 1.29 is 9.53 Å². The van der Waals surface area contributed by atoms with Crippen molar-refractivity contribution >= 4 is 17.0 Å². The number of aromatic nitrogens is 2. The van der Waals surface area contributed by atoms with Crippen LogP contribution >= 0.6 is 0 Å². The number of esters is 1. The molecule has 1 fully saturated rings. The van der Waals surface area contributed by atoms with Crippen molar-refractivity contribution in [1.82, 2.24) is 9.97 Å². The van der Waals surface area contributed by atoms with E-state index >= 15 is 0 Å². The average Bonchev–Trinajstić information content (AvgIpc) is 2.74. The van der Waals surface area contributed by atoms with Gasteiger partial charge in [-0.3, -0.25) is 4.79 Å². The number of hydrogen-bond donors (Lipinski definition) is 1. The molecule has 4 nitrogen and oxygen atoms in total. The largest absolute Gasteiger partial charge is 0.468 e. The lowest BCUT2D eigenvalue weighted by Crippen LogP contribution is -2.43. The molecule has 0 aliphatic heterocycles. The molecule has 1 heterocycles. The Kier molecular flexibility index (Phi) is 2.18. The van der Waals surface area contributed by atoms with Gasteiger partial charge in [0.2, 0.25) is 0 Å². The summed E-state index contributed by atoms with van der Waals surface area (Å²) in [6.07, 6.45) is 4.49. The lowest BCUT2D eigenvalue weighted by molar-refractivity contribution is -0.151. The lowest BCUT2D eigenvalue weighted by atomic mass is 9.64. The highest BCUT2D eigenvalue weighted by molar-refractivity contribution is 5.86. The maximum Gasteiger partial charge on any atom is 0.316 e. The summed E-state index contributed by atoms with van der Waals surface area (Å²) in [6, 6.07) is 5.95. The molecule has 0 bridgehead atoms. The molecule has 1 aliphatic rings. The van der Waals surface area contributed by atoms with Gasteiger partial charge in [-0.2, -0.15) is 0 Å². The third-order valence-electron chi connectivity index (χ3n) is 3.76. The van der Waals surface area contributed by atoms with Crippen LogP contribution in [-0.4, -0.2) is 23.0 Å². The standard InChI is InChI=1S/C13H14N2O2/c1-17-12(16)13(5-2-6-13)9-3-4-10-11(7-9)15-8-14-10/h3-4,7-8H,2,5-6H2,1H3,(H,14,15). The Morgan fingerprint density at radius 3 is 2.94 bits per heavy atom. The third kappa shape index (κ3) is 1.37. The molecule has 1 N–H and O–H groups in total. The first-order valence-electron chi connectivity index (χ1n) is 5.78. The number of carbonyl (C=O) groups excluding carboxylic acids is 1. The molecule has 3 rings (SSSR count). The van der Waals surface area contributed by atoms with Crippen LogP contribution in [0.1, 0.15) is 24.8 Å². The van der Waals surface area contributed by atoms with Gasteiger partial charge in [0.25, 0.3) is 0 Å². The molecule has 4 heteroatoms. The fourth-order valence-corrected chi connectivity index (χ4v) is 2.57. The highest BCUT2D eigenvalue weighted by Gasteiger charge is 2.46. The minimum atomic E-state index is -0.423. The van der Waals surface area contributed by atoms with E-state index < -0.39 is 5.41 Å². The van der Waals surface area contributed by atoms with Gasteiger partial charge in [0.05, 0.1) is 29.9 Å². The monoisotopic (exact) mass is 230 g/mol. The van der Waals surface area contributed by atoms with E-state index in [0.717, 1.165) is 35.9 Å². The molecule has 1 aromatic carbocycles. The number of carbonyl (C=O) groups is 1. The van der Waals surface area contributed by atoms with Crippen LogP contribution in [0, 0.1) is 0 Å². The summed E-state index contributed by atoms with van der Waals surface area (Å²) in [5, 5.41) is 0. The van der Waals surface area contributed by atoms with Gasteiger partial charge in [0.15, 0.2) is 0 Å². The molecule has 1 aliphatic carbocycles. The summed E-state index contributed by atoms with van der Waals surface area (Å²) >= 11 is 0. The van der Waals surface area contributed by atoms with Crippen LogP contribution < -0.4 is 0 Å². The van der Waals surface area contributed by atoms with E-state index in [9.17, 15) is 4.79 Å². The van der Waals surface area contributed by atoms with Crippen molar-refractivity contribution in [3.8, 4) is 0 Å². The summed E-state index contributed by atoms with van der Waals surface area (Å²) in [7, 11) is 1.46. The molecular formula is C13H14N2O2. The van der Waals surface area contributed by atoms with Gasteiger partial charge in [-0.25, -0.2) is 4.98 Å². The van der Waals surface area contributed by atoms with Crippen LogP contribution in [0.5, 0.6) is 0 Å². The zero-order chi connectivity index (χ0) is 11.9. The second kappa shape index (κ2) is 3.58. The normalized spacial score (nSPS) is 17.7. The van der Waals surface area contributed by atoms with Crippen LogP contribution in [0.15, 0.2) is 24.5 Å². The van der Waals surface area contributed by atoms with Gasteiger partial charge in [0.1, 0.15) is 0 Å². The minimum Gasteiger partial charge on any atom is -0.468 e. The Balaban J connectivity index is 2.09. The quantitative estimate of drug-likeness (QED) is 0.804. The highest BCUT2D eigenvalue weighted by atomic mass is 16.5. The van der Waals surface area contributed by atoms with E-state index in [-0.39, 0.29) is 5.97 Å². The summed E-state index contributed by atoms with van der Waals surface area (Å²) in [5.74, 6) is -0.123. The molecule has 0 amide bonds. The second-order valence-corrected chi connectivity index (χ2v) is 4.56. The van der Waals surface area contributed by atoms with Gasteiger partial charge in [-0.15, -0.1) is 0 Å². The smallest absolute Gasteiger partial charge is 0.316 e. The van der Waals surface area contributed by atoms with Gasteiger partial charge in [0, 0.05) is 0 Å². The van der Waals surface area contributed by atoms with Crippen LogP contribution in [0.4, 0.5) is 0 Å². The number of methoxy groups -OCH3 is 1. The van der Waals surface area contributed by atoms with Gasteiger partial charge in [-0.1, -0.05) is 12.5 Å². The fraction of sp³-hybridized carbons (Fsp3) is 0.385. The van der Waals surface area contributed by atoms with Crippen molar-refractivity contribution in [2.45, 2.75) is 24.7 Å². The molecule has 0 atom stereocenters. The summed E-state index contributed by atoms with van der Waals surface area (Å²) in [6.45, 7) is 0. The molecule has 88 valence electrons. The maximum absolute atomic E-state index is 11.9. The van der Waals surface area contributed by atoms with Crippen LogP contribution in [0.2, 0.25) is 0 Å². The predicted molar refractivity (Wildman–Crippen MR) is 63.6 cm³/mol. The predicted octanol–water partition coefficient (Wildman–Crippen LogP) is 2.16. The number of nitrogens with one attached hydrogen (secondary N) is 1. The average molecular weight is 230 g/mol. The van der Waals surface area contributed by atoms with E-state index in [4.69, 9.17) is 4.74 Å². The fourth-order valence-electron chi connectivity index (χ4n) is 2.57. The first-order valence-corrected chi connectivity index (χ1v) is 5.78. The van der Waals surface area contributed by atoms with Gasteiger partial charge < -0.3 is 9.72 Å². The van der Waals surface area contributed by atoms with Crippen molar-refractivity contribution in [1.29, 1.82) is 0 Å². The molecule has 1 aromatic heterocycles. The second-order valence-electron chi connectivity index (χ2n) is 4.56. The minimum absolute atomic E-state index is 0.123. The van der Waals surface area contributed by atoms with E-state index in [1.165, 1.54) is 7.11 Å². The Morgan fingerprint density at radius 2 is 2.29 bits per heavy atom. The van der Waals surface area contributed by atoms with Crippen molar-refractivity contribution in [2.75, 3.05) is 7.11 Å². The van der Waals surface area contributed by atoms with Crippen LogP contribution in [0.3, 0.4) is 0 Å². The van der Waals surface area contributed by atoms with Gasteiger partial charge >= 0.3 is 5.97 Å². The highest BCUT2D eigenvalue weighted by Crippen LogP contribution is 2.45. The number of ether oxygens (including phenoxy) is 1. The van der Waals surface area contributed by atoms with E-state index in [2.05, 4.69) is 9.97 Å². The number of imidazole rings is 1. The number of H-pyrrole nitrogens is 1. The van der Waals surface area contributed by atoms with Crippen molar-refractivity contribution in [2.24, 2.45) is 0 Å². The molecule has 17 heavy (non-hydrogen) atoms. The summed E-state index contributed by atoms with van der Waals surface area (Å²) < 4.78 is 4.94. The third-order valence-corrected chi connectivity index (χ3v) is 3.76. The number of hydrogen-bond acceptors (Lipinski definition) is 3. The van der Waals surface area contributed by atoms with Crippen LogP contribution in [0.25, 0.3) is 11.0 Å². The van der Waals surface area contributed by atoms with E-state index in [1.54, 1.807) is 6.33 Å². The van der Waals surface area contributed by atoms with Crippen molar-refractivity contribution in [3.05, 3.63) is 30.1 Å². The molecule has 0 radical (unpaired) electrons. The number of rotatable bonds is 2. The SMILES string of the molecule is COC(=O)C1(c2ccc3nc[nH]c3c2)CCC1. The summed E-state index contributed by atoms with van der Waals surface area (Å²) in [5.41, 5.74) is 2.51. The molecule has 1 saturated carbocycles. The first kappa shape index (κ1) is 10.3. The summed E-state index contributed by atoms with van der Waals surface area (Å²) in [4.78, 5) is 19.2.